The van der Waals surface area contributed by atoms with Gasteiger partial charge in [0.15, 0.2) is 0 Å². The minimum Gasteiger partial charge on any atom is -0.362 e. The third-order valence-corrected chi connectivity index (χ3v) is 4.93. The zero-order valence-corrected chi connectivity index (χ0v) is 15.1. The van der Waals surface area contributed by atoms with Gasteiger partial charge < -0.3 is 14.8 Å². The third kappa shape index (κ3) is 3.29. The van der Waals surface area contributed by atoms with Crippen LogP contribution < -0.4 is 10.2 Å². The van der Waals surface area contributed by atoms with Crippen molar-refractivity contribution in [1.29, 1.82) is 0 Å². The van der Waals surface area contributed by atoms with Gasteiger partial charge in [0.05, 0.1) is 17.6 Å². The number of amides is 1. The van der Waals surface area contributed by atoms with E-state index in [1.54, 1.807) is 0 Å². The van der Waals surface area contributed by atoms with Crippen molar-refractivity contribution in [2.75, 3.05) is 16.8 Å². The van der Waals surface area contributed by atoms with E-state index in [-0.39, 0.29) is 5.91 Å². The number of hydrogen-bond acceptors (Lipinski definition) is 3. The fraction of sp³-hybridized carbons (Fsp3) is 0.333. The summed E-state index contributed by atoms with van der Waals surface area (Å²) >= 11 is 0. The summed E-state index contributed by atoms with van der Waals surface area (Å²) in [6.07, 6.45) is 2.55. The Kier molecular flexibility index (Phi) is 4.61. The van der Waals surface area contributed by atoms with Crippen molar-refractivity contribution in [2.45, 2.75) is 39.3 Å². The summed E-state index contributed by atoms with van der Waals surface area (Å²) in [4.78, 5) is 19.0. The molecule has 1 aliphatic heterocycles. The lowest BCUT2D eigenvalue weighted by molar-refractivity contribution is -0.116. The molecule has 0 bridgehead atoms. The van der Waals surface area contributed by atoms with Crippen LogP contribution >= 0.6 is 0 Å². The molecule has 0 aliphatic carbocycles. The molecule has 0 fully saturated rings. The van der Waals surface area contributed by atoms with Crippen LogP contribution in [0.2, 0.25) is 0 Å². The first-order chi connectivity index (χ1) is 12.7. The van der Waals surface area contributed by atoms with Gasteiger partial charge in [0.1, 0.15) is 5.82 Å². The maximum Gasteiger partial charge on any atom is 0.224 e. The van der Waals surface area contributed by atoms with Gasteiger partial charge in [-0.05, 0) is 42.8 Å². The average molecular weight is 348 g/mol. The minimum atomic E-state index is 0.0892. The number of fused-ring (bicyclic) bond motifs is 3. The van der Waals surface area contributed by atoms with Gasteiger partial charge in [-0.25, -0.2) is 4.98 Å². The number of nitrogens with one attached hydrogen (secondary N) is 1. The molecule has 0 saturated heterocycles. The number of aromatic nitrogens is 2. The molecule has 0 radical (unpaired) electrons. The highest BCUT2D eigenvalue weighted by atomic mass is 16.1. The average Bonchev–Trinajstić information content (AvgIpc) is 3.04. The molecule has 26 heavy (non-hydrogen) atoms. The summed E-state index contributed by atoms with van der Waals surface area (Å²) in [5, 5.41) is 2.97. The number of rotatable bonds is 5. The summed E-state index contributed by atoms with van der Waals surface area (Å²) in [5.74, 6) is 1.20. The molecule has 2 heterocycles. The van der Waals surface area contributed by atoms with Crippen molar-refractivity contribution >= 4 is 28.3 Å². The normalized spacial score (nSPS) is 13.7. The van der Waals surface area contributed by atoms with Gasteiger partial charge in [0.2, 0.25) is 5.91 Å². The summed E-state index contributed by atoms with van der Waals surface area (Å²) in [7, 11) is 0. The van der Waals surface area contributed by atoms with Gasteiger partial charge in [-0.15, -0.1) is 0 Å². The Morgan fingerprint density at radius 1 is 1.12 bits per heavy atom. The van der Waals surface area contributed by atoms with Gasteiger partial charge in [0, 0.05) is 30.9 Å². The van der Waals surface area contributed by atoms with Gasteiger partial charge in [-0.2, -0.15) is 0 Å². The Morgan fingerprint density at radius 3 is 2.73 bits per heavy atom. The minimum absolute atomic E-state index is 0.0892. The van der Waals surface area contributed by atoms with Crippen molar-refractivity contribution in [3.63, 3.8) is 0 Å². The molecule has 4 rings (SSSR count). The van der Waals surface area contributed by atoms with Crippen LogP contribution in [0.15, 0.2) is 48.5 Å². The third-order valence-electron chi connectivity index (χ3n) is 4.93. The van der Waals surface area contributed by atoms with E-state index >= 15 is 0 Å². The fourth-order valence-corrected chi connectivity index (χ4v) is 3.50. The molecule has 2 aromatic carbocycles. The van der Waals surface area contributed by atoms with Crippen LogP contribution in [0, 0.1) is 0 Å². The Labute approximate surface area is 153 Å². The summed E-state index contributed by atoms with van der Waals surface area (Å²) in [6.45, 7) is 4.78. The second-order valence-electron chi connectivity index (χ2n) is 6.79. The van der Waals surface area contributed by atoms with E-state index in [0.29, 0.717) is 6.42 Å². The largest absolute Gasteiger partial charge is 0.362 e. The first kappa shape index (κ1) is 16.6. The van der Waals surface area contributed by atoms with Crippen LogP contribution in [0.4, 0.5) is 11.4 Å². The highest BCUT2D eigenvalue weighted by molar-refractivity contribution is 5.90. The van der Waals surface area contributed by atoms with E-state index < -0.39 is 0 Å². The summed E-state index contributed by atoms with van der Waals surface area (Å²) < 4.78 is 2.31. The Hall–Kier alpha value is -2.82. The topological polar surface area (TPSA) is 50.2 Å². The van der Waals surface area contributed by atoms with Crippen LogP contribution in [0.5, 0.6) is 0 Å². The number of carbonyl (C=O) groups excluding carboxylic acids is 1. The van der Waals surface area contributed by atoms with E-state index in [9.17, 15) is 4.79 Å². The maximum atomic E-state index is 11.8. The van der Waals surface area contributed by atoms with Crippen LogP contribution in [0.25, 0.3) is 11.0 Å². The lowest BCUT2D eigenvalue weighted by Gasteiger charge is -2.30. The molecule has 1 aliphatic rings. The number of anilines is 2. The predicted molar refractivity (Wildman–Crippen MR) is 105 cm³/mol. The monoisotopic (exact) mass is 348 g/mol. The molecule has 0 spiro atoms. The lowest BCUT2D eigenvalue weighted by Crippen LogP contribution is -2.33. The quantitative estimate of drug-likeness (QED) is 0.752. The molecule has 5 nitrogen and oxygen atoms in total. The number of benzene rings is 2. The van der Waals surface area contributed by atoms with Gasteiger partial charge in [-0.1, -0.05) is 25.5 Å². The van der Waals surface area contributed by atoms with Crippen LogP contribution in [0.3, 0.4) is 0 Å². The van der Waals surface area contributed by atoms with E-state index in [1.165, 1.54) is 5.52 Å². The van der Waals surface area contributed by atoms with E-state index in [4.69, 9.17) is 4.98 Å². The Balaban J connectivity index is 1.46. The smallest absolute Gasteiger partial charge is 0.224 e. The fourth-order valence-electron chi connectivity index (χ4n) is 3.50. The second-order valence-corrected chi connectivity index (χ2v) is 6.79. The predicted octanol–water partition coefficient (Wildman–Crippen LogP) is 4.19. The molecule has 5 heteroatoms. The summed E-state index contributed by atoms with van der Waals surface area (Å²) in [5.41, 5.74) is 4.30. The Bertz CT molecular complexity index is 913. The highest BCUT2D eigenvalue weighted by Gasteiger charge is 2.20. The van der Waals surface area contributed by atoms with Gasteiger partial charge >= 0.3 is 0 Å². The zero-order chi connectivity index (χ0) is 17.9. The van der Waals surface area contributed by atoms with E-state index in [2.05, 4.69) is 52.0 Å². The number of imidazole rings is 1. The number of carbonyl (C=O) groups is 1. The zero-order valence-electron chi connectivity index (χ0n) is 15.1. The van der Waals surface area contributed by atoms with Crippen LogP contribution in [0.1, 0.15) is 32.0 Å². The molecular weight excluding hydrogens is 324 g/mol. The van der Waals surface area contributed by atoms with Crippen molar-refractivity contribution < 1.29 is 4.79 Å². The molecule has 3 aromatic rings. The summed E-state index contributed by atoms with van der Waals surface area (Å²) in [6, 6.07) is 16.4. The first-order valence-corrected chi connectivity index (χ1v) is 9.33. The van der Waals surface area contributed by atoms with Gasteiger partial charge in [-0.3, -0.25) is 4.79 Å². The van der Waals surface area contributed by atoms with Crippen molar-refractivity contribution in [3.05, 3.63) is 54.4 Å². The maximum absolute atomic E-state index is 11.8. The molecule has 0 atom stereocenters. The lowest BCUT2D eigenvalue weighted by atomic mass is 10.2. The molecule has 0 unspecified atom stereocenters. The standard InChI is InChI=1S/C21H24N4O/c1-2-3-8-21(26)22-16-9-11-17(12-10-16)24-13-14-25-19-7-5-4-6-18(19)23-20(25)15-24/h4-7,9-12H,2-3,8,13-15H2,1H3,(H,22,26). The molecule has 134 valence electrons. The molecule has 0 saturated carbocycles. The van der Waals surface area contributed by atoms with Crippen molar-refractivity contribution in [3.8, 4) is 0 Å². The Morgan fingerprint density at radius 2 is 1.92 bits per heavy atom. The number of unbranched alkanes of at least 4 members (excludes halogenated alkanes) is 1. The van der Waals surface area contributed by atoms with Crippen LogP contribution in [-0.2, 0) is 17.9 Å². The van der Waals surface area contributed by atoms with E-state index in [0.717, 1.165) is 55.2 Å². The van der Waals surface area contributed by atoms with Crippen molar-refractivity contribution in [1.82, 2.24) is 9.55 Å². The molecule has 1 aromatic heterocycles. The second kappa shape index (κ2) is 7.20. The number of para-hydroxylation sites is 2. The van der Waals surface area contributed by atoms with Crippen molar-refractivity contribution in [2.24, 2.45) is 0 Å². The SMILES string of the molecule is CCCCC(=O)Nc1ccc(N2CCn3c(nc4ccccc43)C2)cc1. The van der Waals surface area contributed by atoms with Crippen LogP contribution in [-0.4, -0.2) is 22.0 Å². The highest BCUT2D eigenvalue weighted by Crippen LogP contribution is 2.25. The van der Waals surface area contributed by atoms with Gasteiger partial charge in [0.25, 0.3) is 0 Å². The number of nitrogens with zero attached hydrogens (tertiary/aromatic N) is 3. The molecule has 1 N–H and O–H groups in total. The number of hydrogen-bond donors (Lipinski definition) is 1. The first-order valence-electron chi connectivity index (χ1n) is 9.33. The molecule has 1 amide bonds. The van der Waals surface area contributed by atoms with E-state index in [1.807, 2.05) is 18.2 Å². The molecular formula is C21H24N4O.